The molecular formula is C40H48O16. The van der Waals surface area contributed by atoms with Crippen molar-refractivity contribution in [3.63, 3.8) is 0 Å². The Morgan fingerprint density at radius 2 is 1.86 bits per heavy atom. The van der Waals surface area contributed by atoms with E-state index >= 15 is 0 Å². The summed E-state index contributed by atoms with van der Waals surface area (Å²) in [6.07, 6.45) is -3.63. The molecule has 56 heavy (non-hydrogen) atoms. The van der Waals surface area contributed by atoms with Gasteiger partial charge in [0.05, 0.1) is 43.8 Å². The largest absolute Gasteiger partial charge is 0.506 e. The molecule has 7 unspecified atom stereocenters. The van der Waals surface area contributed by atoms with Crippen molar-refractivity contribution >= 4 is 28.7 Å². The molecule has 2 aromatic carbocycles. The number of fused-ring (bicyclic) bond motifs is 5. The summed E-state index contributed by atoms with van der Waals surface area (Å²) in [4.78, 5) is 38.2. The summed E-state index contributed by atoms with van der Waals surface area (Å²) in [5.41, 5.74) is -1.77. The van der Waals surface area contributed by atoms with Crippen LogP contribution in [0.1, 0.15) is 92.8 Å². The molecule has 7 aliphatic rings. The number of rotatable bonds is 12. The number of benzene rings is 2. The van der Waals surface area contributed by atoms with Crippen molar-refractivity contribution in [3.8, 4) is 17.2 Å². The number of methoxy groups -OCH3 is 2. The van der Waals surface area contributed by atoms with Gasteiger partial charge < -0.3 is 62.3 Å². The van der Waals surface area contributed by atoms with Gasteiger partial charge in [0.2, 0.25) is 6.29 Å². The van der Waals surface area contributed by atoms with Crippen molar-refractivity contribution in [3.05, 3.63) is 28.3 Å². The van der Waals surface area contributed by atoms with Gasteiger partial charge in [0.15, 0.2) is 28.9 Å². The van der Waals surface area contributed by atoms with Crippen LogP contribution in [0.25, 0.3) is 10.8 Å². The molecule has 0 radical (unpaired) electrons. The second kappa shape index (κ2) is 12.6. The van der Waals surface area contributed by atoms with E-state index in [1.165, 1.54) is 21.1 Å². The van der Waals surface area contributed by atoms with Gasteiger partial charge in [-0.2, -0.15) is 0 Å². The smallest absolute Gasteiger partial charge is 0.506 e. The molecule has 9 rings (SSSR count). The van der Waals surface area contributed by atoms with Crippen LogP contribution in [0.4, 0.5) is 4.79 Å². The van der Waals surface area contributed by atoms with E-state index in [4.69, 9.17) is 52.1 Å². The van der Waals surface area contributed by atoms with Gasteiger partial charge in [0.1, 0.15) is 29.5 Å². The first-order chi connectivity index (χ1) is 26.7. The van der Waals surface area contributed by atoms with Gasteiger partial charge in [-0.3, -0.25) is 9.59 Å². The lowest BCUT2D eigenvalue weighted by molar-refractivity contribution is -0.364. The molecule has 9 atom stereocenters. The number of hydrogen-bond acceptors (Lipinski definition) is 15. The van der Waals surface area contributed by atoms with Crippen LogP contribution in [0.2, 0.25) is 0 Å². The summed E-state index contributed by atoms with van der Waals surface area (Å²) in [6, 6.07) is 1.93. The molecule has 0 aromatic heterocycles. The molecule has 1 saturated carbocycles. The number of ether oxygens (including phenoxy) is 11. The third-order valence-electron chi connectivity index (χ3n) is 13.3. The quantitative estimate of drug-likeness (QED) is 0.169. The summed E-state index contributed by atoms with van der Waals surface area (Å²) >= 11 is 0. The predicted molar refractivity (Wildman–Crippen MR) is 190 cm³/mol. The monoisotopic (exact) mass is 784 g/mol. The molecule has 4 saturated heterocycles. The molecule has 5 aliphatic heterocycles. The number of phenolic OH excluding ortho intramolecular Hbond substituents is 1. The second-order valence-corrected chi connectivity index (χ2v) is 16.2. The number of epoxide rings is 2. The van der Waals surface area contributed by atoms with E-state index in [0.717, 1.165) is 5.56 Å². The van der Waals surface area contributed by atoms with E-state index in [-0.39, 0.29) is 54.1 Å². The van der Waals surface area contributed by atoms with Crippen LogP contribution in [-0.2, 0) is 53.8 Å². The third-order valence-corrected chi connectivity index (χ3v) is 13.3. The Morgan fingerprint density at radius 1 is 1.12 bits per heavy atom. The maximum atomic E-state index is 13.5. The van der Waals surface area contributed by atoms with Crippen molar-refractivity contribution < 1.29 is 76.7 Å². The Morgan fingerprint density at radius 3 is 2.46 bits per heavy atom. The summed E-state index contributed by atoms with van der Waals surface area (Å²) < 4.78 is 70.0. The van der Waals surface area contributed by atoms with Crippen LogP contribution in [0.15, 0.2) is 6.07 Å². The predicted octanol–water partition coefficient (Wildman–Crippen LogP) is 4.77. The molecule has 2 aromatic rings. The normalized spacial score (nSPS) is 34.2. The Hall–Kier alpha value is -3.77. The van der Waals surface area contributed by atoms with Crippen molar-refractivity contribution in [1.82, 2.24) is 0 Å². The standard InChI is InChI=1S/C40H48O16/c1-8-36(18(2)3,55-35(44)45)24(51-20(5)41)16-25(46-6)52-39-33-29(38(37(39)17-50-37)40(54-33,56-38)34-48-13-10-14-49-34)26-19(4)15-22-28(32(26)53-39)30(43)27-21(31(22)47-7)11-9-12-23(27)42/h15,18,24-25,29,33-34,43H,8-14,16-17H2,1-7H3,(H,44,45)/t24?,25?,29?,33?,36?,37-,38?,39-,40?/m1/s1. The Balaban J connectivity index is 1.23. The van der Waals surface area contributed by atoms with Gasteiger partial charge in [-0.25, -0.2) is 4.79 Å². The van der Waals surface area contributed by atoms with Gasteiger partial charge in [0.25, 0.3) is 11.6 Å². The molecule has 5 heterocycles. The van der Waals surface area contributed by atoms with E-state index in [1.807, 2.05) is 13.0 Å². The summed E-state index contributed by atoms with van der Waals surface area (Å²) in [5.74, 6) is -4.64. The molecule has 2 spiro atoms. The maximum Gasteiger partial charge on any atom is 0.506 e. The highest BCUT2D eigenvalue weighted by molar-refractivity contribution is 6.11. The number of carbonyl (C=O) groups is 3. The van der Waals surface area contributed by atoms with Gasteiger partial charge in [-0.05, 0) is 50.2 Å². The molecular weight excluding hydrogens is 736 g/mol. The SMILES string of the molecule is CCC(OC(=O)O)(C(C)C)C(CC(OC)O[C@@]12Oc3c(c(C)cc4c(OC)c5c(c(O)c34)C(=O)CCC5)C3C1OC1(C4OCCCO4)OC31[C@]21CO1)OC(C)=O. The number of carbonyl (C=O) groups excluding carboxylic acids is 2. The van der Waals surface area contributed by atoms with Crippen LogP contribution in [0, 0.1) is 12.8 Å². The zero-order chi connectivity index (χ0) is 39.7. The average Bonchev–Trinajstić information content (AvgIpc) is 4.08. The minimum absolute atomic E-state index is 0.114. The number of hydrogen-bond donors (Lipinski definition) is 2. The van der Waals surface area contributed by atoms with E-state index < -0.39 is 77.1 Å². The zero-order valence-corrected chi connectivity index (χ0v) is 32.5. The third kappa shape index (κ3) is 4.57. The molecule has 16 heteroatoms. The van der Waals surface area contributed by atoms with E-state index in [2.05, 4.69) is 0 Å². The highest BCUT2D eigenvalue weighted by Crippen LogP contribution is 2.85. The van der Waals surface area contributed by atoms with Crippen LogP contribution >= 0.6 is 0 Å². The van der Waals surface area contributed by atoms with E-state index in [1.54, 1.807) is 20.8 Å². The molecule has 5 fully saturated rings. The lowest BCUT2D eigenvalue weighted by Crippen LogP contribution is -2.67. The number of aromatic hydroxyl groups is 1. The number of phenols is 1. The maximum absolute atomic E-state index is 13.5. The number of ketones is 1. The first-order valence-electron chi connectivity index (χ1n) is 19.4. The molecule has 0 amide bonds. The van der Waals surface area contributed by atoms with Crippen LogP contribution in [0.3, 0.4) is 0 Å². The summed E-state index contributed by atoms with van der Waals surface area (Å²) in [5, 5.41) is 22.8. The Labute approximate surface area is 322 Å². The number of carboxylic acid groups (broad SMARTS) is 1. The van der Waals surface area contributed by atoms with Gasteiger partial charge in [-0.15, -0.1) is 0 Å². The first-order valence-corrected chi connectivity index (χ1v) is 19.4. The molecule has 2 N–H and O–H groups in total. The summed E-state index contributed by atoms with van der Waals surface area (Å²) in [7, 11) is 2.94. The fourth-order valence-electron chi connectivity index (χ4n) is 10.9. The number of Topliss-reactive ketones (excluding diaryl/α,β-unsaturated/α-hetero) is 1. The lowest BCUT2D eigenvalue weighted by atomic mass is 9.78. The topological polar surface area (TPSA) is 200 Å². The highest BCUT2D eigenvalue weighted by atomic mass is 16.9. The highest BCUT2D eigenvalue weighted by Gasteiger charge is 3.07. The number of esters is 1. The van der Waals surface area contributed by atoms with Gasteiger partial charge in [0, 0.05) is 43.4 Å². The average molecular weight is 785 g/mol. The first kappa shape index (κ1) is 37.8. The molecule has 2 aliphatic carbocycles. The minimum atomic E-state index is -1.83. The fourth-order valence-corrected chi connectivity index (χ4v) is 10.9. The van der Waals surface area contributed by atoms with Crippen molar-refractivity contribution in [2.24, 2.45) is 5.92 Å². The van der Waals surface area contributed by atoms with Crippen molar-refractivity contribution in [2.75, 3.05) is 34.0 Å². The molecule has 304 valence electrons. The van der Waals surface area contributed by atoms with Crippen LogP contribution in [0.5, 0.6) is 17.2 Å². The van der Waals surface area contributed by atoms with E-state index in [9.17, 15) is 24.6 Å². The second-order valence-electron chi connectivity index (χ2n) is 16.2. The van der Waals surface area contributed by atoms with Crippen molar-refractivity contribution in [2.45, 2.75) is 132 Å². The summed E-state index contributed by atoms with van der Waals surface area (Å²) in [6.45, 7) is 9.45. The van der Waals surface area contributed by atoms with Crippen LogP contribution < -0.4 is 9.47 Å². The number of aryl methyl sites for hydroxylation is 1. The Kier molecular flexibility index (Phi) is 8.51. The Bertz CT molecular complexity index is 2020. The fraction of sp³-hybridized carbons (Fsp3) is 0.675. The van der Waals surface area contributed by atoms with E-state index in [0.29, 0.717) is 54.7 Å². The van der Waals surface area contributed by atoms with Crippen LogP contribution in [-0.4, -0.2) is 115 Å². The lowest BCUT2D eigenvalue weighted by Gasteiger charge is -2.47. The minimum Gasteiger partial charge on any atom is -0.506 e. The molecule has 4 bridgehead atoms. The van der Waals surface area contributed by atoms with Gasteiger partial charge in [-0.1, -0.05) is 20.8 Å². The van der Waals surface area contributed by atoms with Crippen molar-refractivity contribution in [1.29, 1.82) is 0 Å². The van der Waals surface area contributed by atoms with Gasteiger partial charge >= 0.3 is 12.1 Å². The zero-order valence-electron chi connectivity index (χ0n) is 32.5. The molecule has 16 nitrogen and oxygen atoms in total.